The van der Waals surface area contributed by atoms with Gasteiger partial charge in [0.15, 0.2) is 0 Å². The molecule has 3 heteroatoms. The summed E-state index contributed by atoms with van der Waals surface area (Å²) in [7, 11) is 1.91. The van der Waals surface area contributed by atoms with Gasteiger partial charge in [-0.2, -0.15) is 0 Å². The molecule has 0 radical (unpaired) electrons. The third kappa shape index (κ3) is 4.20. The number of hydrogen-bond donors (Lipinski definition) is 1. The molecule has 0 aromatic carbocycles. The lowest BCUT2D eigenvalue weighted by Crippen LogP contribution is -2.46. The first kappa shape index (κ1) is 12.5. The standard InChI is InChI=1S/C12H24N2O/c1-9(10-6-7-10)14(5)11(15)8-13-12(2,3)4/h9-10,13H,6-8H2,1-5H3. The molecule has 1 fully saturated rings. The molecule has 0 heterocycles. The second-order valence-corrected chi connectivity index (χ2v) is 5.69. The zero-order chi connectivity index (χ0) is 11.6. The van der Waals surface area contributed by atoms with Crippen LogP contribution in [0, 0.1) is 5.92 Å². The highest BCUT2D eigenvalue weighted by molar-refractivity contribution is 5.78. The lowest BCUT2D eigenvalue weighted by atomic mass is 10.1. The highest BCUT2D eigenvalue weighted by Crippen LogP contribution is 2.34. The number of likely N-dealkylation sites (N-methyl/N-ethyl adjacent to an activating group) is 1. The molecule has 0 bridgehead atoms. The van der Waals surface area contributed by atoms with Crippen LogP contribution < -0.4 is 5.32 Å². The Morgan fingerprint density at radius 1 is 1.47 bits per heavy atom. The number of amides is 1. The van der Waals surface area contributed by atoms with Crippen LogP contribution >= 0.6 is 0 Å². The number of carbonyl (C=O) groups is 1. The minimum absolute atomic E-state index is 0.0132. The second kappa shape index (κ2) is 4.52. The highest BCUT2D eigenvalue weighted by atomic mass is 16.2. The van der Waals surface area contributed by atoms with Crippen LogP contribution in [-0.2, 0) is 4.79 Å². The molecule has 15 heavy (non-hydrogen) atoms. The van der Waals surface area contributed by atoms with Crippen molar-refractivity contribution in [1.29, 1.82) is 0 Å². The predicted molar refractivity (Wildman–Crippen MR) is 62.7 cm³/mol. The lowest BCUT2D eigenvalue weighted by Gasteiger charge is -2.27. The summed E-state index contributed by atoms with van der Waals surface area (Å²) in [6.07, 6.45) is 2.57. The van der Waals surface area contributed by atoms with Crippen LogP contribution in [-0.4, -0.2) is 36.0 Å². The topological polar surface area (TPSA) is 32.3 Å². The fourth-order valence-corrected chi connectivity index (χ4v) is 1.59. The van der Waals surface area contributed by atoms with Crippen LogP contribution in [0.15, 0.2) is 0 Å². The Morgan fingerprint density at radius 3 is 2.40 bits per heavy atom. The van der Waals surface area contributed by atoms with Crippen LogP contribution in [0.4, 0.5) is 0 Å². The van der Waals surface area contributed by atoms with E-state index < -0.39 is 0 Å². The van der Waals surface area contributed by atoms with Crippen LogP contribution in [0.3, 0.4) is 0 Å². The monoisotopic (exact) mass is 212 g/mol. The van der Waals surface area contributed by atoms with Gasteiger partial charge in [0.05, 0.1) is 6.54 Å². The molecule has 1 atom stereocenters. The molecule has 1 rings (SSSR count). The molecule has 1 unspecified atom stereocenters. The summed E-state index contributed by atoms with van der Waals surface area (Å²) in [6.45, 7) is 8.81. The largest absolute Gasteiger partial charge is 0.342 e. The van der Waals surface area contributed by atoms with Gasteiger partial charge in [-0.15, -0.1) is 0 Å². The Hall–Kier alpha value is -0.570. The highest BCUT2D eigenvalue weighted by Gasteiger charge is 2.32. The van der Waals surface area contributed by atoms with Gasteiger partial charge in [0.2, 0.25) is 5.91 Å². The fourth-order valence-electron chi connectivity index (χ4n) is 1.59. The van der Waals surface area contributed by atoms with Crippen LogP contribution in [0.5, 0.6) is 0 Å². The van der Waals surface area contributed by atoms with Crippen molar-refractivity contribution < 1.29 is 4.79 Å². The van der Waals surface area contributed by atoms with Crippen molar-refractivity contribution in [3.63, 3.8) is 0 Å². The van der Waals surface area contributed by atoms with Gasteiger partial charge in [0.25, 0.3) is 0 Å². The Morgan fingerprint density at radius 2 is 2.00 bits per heavy atom. The Bertz CT molecular complexity index is 228. The summed E-state index contributed by atoms with van der Waals surface area (Å²) >= 11 is 0. The summed E-state index contributed by atoms with van der Waals surface area (Å²) in [5.74, 6) is 0.943. The number of nitrogens with one attached hydrogen (secondary N) is 1. The number of rotatable bonds is 4. The van der Waals surface area contributed by atoms with Gasteiger partial charge in [-0.25, -0.2) is 0 Å². The molecule has 88 valence electrons. The van der Waals surface area contributed by atoms with Gasteiger partial charge >= 0.3 is 0 Å². The van der Waals surface area contributed by atoms with Crippen molar-refractivity contribution in [3.05, 3.63) is 0 Å². The molecule has 0 saturated heterocycles. The Balaban J connectivity index is 2.32. The van der Waals surface area contributed by atoms with Gasteiger partial charge in [0, 0.05) is 18.6 Å². The van der Waals surface area contributed by atoms with Crippen molar-refractivity contribution in [2.75, 3.05) is 13.6 Å². The summed E-state index contributed by atoms with van der Waals surface area (Å²) in [6, 6.07) is 0.402. The van der Waals surface area contributed by atoms with E-state index in [4.69, 9.17) is 0 Å². The normalized spacial score (nSPS) is 18.7. The van der Waals surface area contributed by atoms with Crippen LogP contribution in [0.25, 0.3) is 0 Å². The maximum atomic E-state index is 11.8. The number of nitrogens with zero attached hydrogens (tertiary/aromatic N) is 1. The molecule has 0 spiro atoms. The van der Waals surface area contributed by atoms with Gasteiger partial charge in [0.1, 0.15) is 0 Å². The van der Waals surface area contributed by atoms with Crippen molar-refractivity contribution in [1.82, 2.24) is 10.2 Å². The predicted octanol–water partition coefficient (Wildman–Crippen LogP) is 1.63. The average Bonchev–Trinajstić information content (AvgIpc) is 2.93. The number of carbonyl (C=O) groups excluding carboxylic acids is 1. The van der Waals surface area contributed by atoms with E-state index in [1.54, 1.807) is 0 Å². The molecule has 0 aromatic rings. The fraction of sp³-hybridized carbons (Fsp3) is 0.917. The molecule has 0 aliphatic heterocycles. The van der Waals surface area contributed by atoms with Crippen molar-refractivity contribution >= 4 is 5.91 Å². The first-order valence-electron chi connectivity index (χ1n) is 5.82. The molecule has 1 N–H and O–H groups in total. The molecular formula is C12H24N2O. The minimum atomic E-state index is 0.0132. The maximum absolute atomic E-state index is 11.8. The van der Waals surface area contributed by atoms with Gasteiger partial charge in [-0.1, -0.05) is 0 Å². The van der Waals surface area contributed by atoms with E-state index in [0.717, 1.165) is 5.92 Å². The van der Waals surface area contributed by atoms with Crippen molar-refractivity contribution in [2.24, 2.45) is 5.92 Å². The van der Waals surface area contributed by atoms with Gasteiger partial charge < -0.3 is 10.2 Å². The lowest BCUT2D eigenvalue weighted by molar-refractivity contribution is -0.131. The molecule has 0 aromatic heterocycles. The average molecular weight is 212 g/mol. The quantitative estimate of drug-likeness (QED) is 0.768. The van der Waals surface area contributed by atoms with E-state index in [0.29, 0.717) is 12.6 Å². The van der Waals surface area contributed by atoms with Gasteiger partial charge in [-0.05, 0) is 46.5 Å². The van der Waals surface area contributed by atoms with E-state index in [9.17, 15) is 4.79 Å². The summed E-state index contributed by atoms with van der Waals surface area (Å²) in [4.78, 5) is 13.7. The van der Waals surface area contributed by atoms with E-state index >= 15 is 0 Å². The minimum Gasteiger partial charge on any atom is -0.342 e. The SMILES string of the molecule is CC(C1CC1)N(C)C(=O)CNC(C)(C)C. The smallest absolute Gasteiger partial charge is 0.236 e. The van der Waals surface area contributed by atoms with Gasteiger partial charge in [-0.3, -0.25) is 4.79 Å². The molecule has 3 nitrogen and oxygen atoms in total. The Kier molecular flexibility index (Phi) is 3.77. The molecule has 1 aliphatic carbocycles. The van der Waals surface area contributed by atoms with Crippen LogP contribution in [0.1, 0.15) is 40.5 Å². The summed E-state index contributed by atoms with van der Waals surface area (Å²) < 4.78 is 0. The molecular weight excluding hydrogens is 188 g/mol. The third-order valence-electron chi connectivity index (χ3n) is 3.08. The van der Waals surface area contributed by atoms with E-state index in [1.807, 2.05) is 11.9 Å². The maximum Gasteiger partial charge on any atom is 0.236 e. The molecule has 1 amide bonds. The first-order chi connectivity index (χ1) is 6.81. The zero-order valence-corrected chi connectivity index (χ0v) is 10.6. The van der Waals surface area contributed by atoms with E-state index in [-0.39, 0.29) is 11.4 Å². The Labute approximate surface area is 93.2 Å². The molecule has 1 aliphatic rings. The second-order valence-electron chi connectivity index (χ2n) is 5.69. The van der Waals surface area contributed by atoms with Crippen molar-refractivity contribution in [3.8, 4) is 0 Å². The first-order valence-corrected chi connectivity index (χ1v) is 5.82. The third-order valence-corrected chi connectivity index (χ3v) is 3.08. The zero-order valence-electron chi connectivity index (χ0n) is 10.6. The van der Waals surface area contributed by atoms with E-state index in [1.165, 1.54) is 12.8 Å². The van der Waals surface area contributed by atoms with Crippen LogP contribution in [0.2, 0.25) is 0 Å². The molecule has 1 saturated carbocycles. The summed E-state index contributed by atoms with van der Waals surface area (Å²) in [5.41, 5.74) is 0.0132. The van der Waals surface area contributed by atoms with Crippen molar-refractivity contribution in [2.45, 2.75) is 52.1 Å². The van der Waals surface area contributed by atoms with E-state index in [2.05, 4.69) is 33.0 Å². The summed E-state index contributed by atoms with van der Waals surface area (Å²) in [5, 5.41) is 3.23. The number of hydrogen-bond acceptors (Lipinski definition) is 2.